The Kier molecular flexibility index (Phi) is 9.18. The summed E-state index contributed by atoms with van der Waals surface area (Å²) >= 11 is 0. The van der Waals surface area contributed by atoms with Gasteiger partial charge in [-0.15, -0.1) is 0 Å². The zero-order valence-electron chi connectivity index (χ0n) is 23.0. The number of carbonyl (C=O) groups is 2. The molecule has 0 saturated carbocycles. The minimum Gasteiger partial charge on any atom is -0.370 e. The van der Waals surface area contributed by atoms with Crippen molar-refractivity contribution < 1.29 is 22.8 Å². The number of rotatable bonds is 8. The predicted molar refractivity (Wildman–Crippen MR) is 157 cm³/mol. The van der Waals surface area contributed by atoms with Gasteiger partial charge >= 0.3 is 0 Å². The summed E-state index contributed by atoms with van der Waals surface area (Å²) in [5, 5.41) is 5.58. The van der Waals surface area contributed by atoms with E-state index < -0.39 is 11.7 Å². The lowest BCUT2D eigenvalue weighted by atomic mass is 10.1. The number of carbonyl (C=O) groups excluding carboxylic acids is 2. The average molecular weight is 573 g/mol. The van der Waals surface area contributed by atoms with Crippen LogP contribution in [0.4, 0.5) is 24.5 Å². The van der Waals surface area contributed by atoms with E-state index >= 15 is 0 Å². The SMILES string of the molecule is O=C(Nc1ccc(N2CCCN(Cc3ccccc3F)CC2)c(C(=O)NCc2ccc(F)cc2)c1)c1ccccc1F. The second-order valence-electron chi connectivity index (χ2n) is 10.2. The third-order valence-corrected chi connectivity index (χ3v) is 7.26. The fraction of sp³-hybridized carbons (Fsp3) is 0.212. The van der Waals surface area contributed by atoms with Crippen LogP contribution in [0, 0.1) is 17.5 Å². The third-order valence-electron chi connectivity index (χ3n) is 7.26. The fourth-order valence-corrected chi connectivity index (χ4v) is 5.03. The Balaban J connectivity index is 1.36. The Morgan fingerprint density at radius 2 is 1.45 bits per heavy atom. The van der Waals surface area contributed by atoms with E-state index in [2.05, 4.69) is 20.4 Å². The largest absolute Gasteiger partial charge is 0.370 e. The lowest BCUT2D eigenvalue weighted by molar-refractivity contribution is 0.0950. The van der Waals surface area contributed by atoms with E-state index in [1.54, 1.807) is 48.5 Å². The van der Waals surface area contributed by atoms with E-state index in [1.165, 1.54) is 36.4 Å². The molecule has 42 heavy (non-hydrogen) atoms. The van der Waals surface area contributed by atoms with Crippen molar-refractivity contribution in [2.45, 2.75) is 19.5 Å². The minimum absolute atomic E-state index is 0.105. The Bertz CT molecular complexity index is 1560. The molecule has 1 saturated heterocycles. The standard InChI is InChI=1S/C33H31F3N4O2/c34-25-12-10-23(11-13-25)21-37-32(41)28-20-26(38-33(42)27-7-2-4-9-30(27)36)14-15-31(28)40-17-5-16-39(18-19-40)22-24-6-1-3-8-29(24)35/h1-4,6-15,20H,5,16-19,21-22H2,(H,37,41)(H,38,42). The summed E-state index contributed by atoms with van der Waals surface area (Å²) in [6.07, 6.45) is 0.802. The number of benzene rings is 4. The number of amides is 2. The molecule has 9 heteroatoms. The monoisotopic (exact) mass is 572 g/mol. The van der Waals surface area contributed by atoms with Gasteiger partial charge < -0.3 is 15.5 Å². The second-order valence-corrected chi connectivity index (χ2v) is 10.2. The Morgan fingerprint density at radius 1 is 0.714 bits per heavy atom. The number of nitrogens with zero attached hydrogens (tertiary/aromatic N) is 2. The molecule has 4 aromatic carbocycles. The van der Waals surface area contributed by atoms with Gasteiger partial charge in [0.15, 0.2) is 0 Å². The molecule has 2 amide bonds. The van der Waals surface area contributed by atoms with E-state index in [0.717, 1.165) is 18.5 Å². The Hall–Kier alpha value is -4.63. The van der Waals surface area contributed by atoms with Gasteiger partial charge in [-0.1, -0.05) is 42.5 Å². The fourth-order valence-electron chi connectivity index (χ4n) is 5.03. The number of nitrogens with one attached hydrogen (secondary N) is 2. The summed E-state index contributed by atoms with van der Waals surface area (Å²) in [7, 11) is 0. The van der Waals surface area contributed by atoms with E-state index in [9.17, 15) is 22.8 Å². The van der Waals surface area contributed by atoms with E-state index in [0.29, 0.717) is 48.7 Å². The summed E-state index contributed by atoms with van der Waals surface area (Å²) < 4.78 is 41.8. The van der Waals surface area contributed by atoms with Gasteiger partial charge in [0.1, 0.15) is 17.5 Å². The number of halogens is 3. The molecule has 0 radical (unpaired) electrons. The molecule has 1 aliphatic heterocycles. The smallest absolute Gasteiger partial charge is 0.258 e. The molecule has 1 aliphatic rings. The molecule has 0 unspecified atom stereocenters. The molecule has 216 valence electrons. The van der Waals surface area contributed by atoms with Crippen LogP contribution >= 0.6 is 0 Å². The van der Waals surface area contributed by atoms with Crippen molar-refractivity contribution in [3.8, 4) is 0 Å². The van der Waals surface area contributed by atoms with Gasteiger partial charge in [0, 0.05) is 56.2 Å². The topological polar surface area (TPSA) is 64.7 Å². The first kappa shape index (κ1) is 28.9. The third kappa shape index (κ3) is 7.16. The molecular weight excluding hydrogens is 541 g/mol. The zero-order valence-corrected chi connectivity index (χ0v) is 23.0. The van der Waals surface area contributed by atoms with Crippen LogP contribution in [-0.2, 0) is 13.1 Å². The molecule has 0 bridgehead atoms. The van der Waals surface area contributed by atoms with Gasteiger partial charge in [0.2, 0.25) is 0 Å². The normalized spacial score (nSPS) is 13.8. The van der Waals surface area contributed by atoms with Gasteiger partial charge in [-0.05, 0) is 60.5 Å². The van der Waals surface area contributed by atoms with Crippen LogP contribution in [0.25, 0.3) is 0 Å². The molecule has 1 heterocycles. The van der Waals surface area contributed by atoms with Crippen LogP contribution in [0.2, 0.25) is 0 Å². The van der Waals surface area contributed by atoms with Crippen LogP contribution in [0.1, 0.15) is 38.3 Å². The summed E-state index contributed by atoms with van der Waals surface area (Å²) in [5.41, 5.74) is 2.63. The lowest BCUT2D eigenvalue weighted by Gasteiger charge is -2.26. The molecule has 4 aromatic rings. The Morgan fingerprint density at radius 3 is 2.21 bits per heavy atom. The number of hydrogen-bond acceptors (Lipinski definition) is 4. The quantitative estimate of drug-likeness (QED) is 0.272. The molecular formula is C33H31F3N4O2. The average Bonchev–Trinajstić information content (AvgIpc) is 3.23. The van der Waals surface area contributed by atoms with E-state index in [1.807, 2.05) is 6.07 Å². The molecule has 0 aliphatic carbocycles. The van der Waals surface area contributed by atoms with Crippen molar-refractivity contribution >= 4 is 23.2 Å². The van der Waals surface area contributed by atoms with E-state index in [-0.39, 0.29) is 29.6 Å². The summed E-state index contributed by atoms with van der Waals surface area (Å²) in [5.74, 6) is -2.24. The maximum Gasteiger partial charge on any atom is 0.258 e. The predicted octanol–water partition coefficient (Wildman–Crippen LogP) is 6.00. The van der Waals surface area contributed by atoms with Crippen LogP contribution in [-0.4, -0.2) is 42.9 Å². The van der Waals surface area contributed by atoms with Gasteiger partial charge in [0.05, 0.1) is 11.1 Å². The van der Waals surface area contributed by atoms with Gasteiger partial charge in [-0.2, -0.15) is 0 Å². The van der Waals surface area contributed by atoms with Crippen LogP contribution < -0.4 is 15.5 Å². The second kappa shape index (κ2) is 13.4. The minimum atomic E-state index is -0.645. The van der Waals surface area contributed by atoms with Crippen molar-refractivity contribution in [1.29, 1.82) is 0 Å². The van der Waals surface area contributed by atoms with E-state index in [4.69, 9.17) is 0 Å². The van der Waals surface area contributed by atoms with Crippen molar-refractivity contribution in [2.75, 3.05) is 36.4 Å². The van der Waals surface area contributed by atoms with Gasteiger partial charge in [-0.3, -0.25) is 14.5 Å². The highest BCUT2D eigenvalue weighted by atomic mass is 19.1. The van der Waals surface area contributed by atoms with Gasteiger partial charge in [-0.25, -0.2) is 13.2 Å². The first-order valence-electron chi connectivity index (χ1n) is 13.8. The first-order chi connectivity index (χ1) is 20.4. The Labute approximate surface area is 242 Å². The highest BCUT2D eigenvalue weighted by Crippen LogP contribution is 2.27. The summed E-state index contributed by atoms with van der Waals surface area (Å²) in [6, 6.07) is 23.3. The highest BCUT2D eigenvalue weighted by Gasteiger charge is 2.22. The maximum atomic E-state index is 14.3. The van der Waals surface area contributed by atoms with Gasteiger partial charge in [0.25, 0.3) is 11.8 Å². The van der Waals surface area contributed by atoms with Crippen molar-refractivity contribution in [3.05, 3.63) is 131 Å². The van der Waals surface area contributed by atoms with Crippen molar-refractivity contribution in [1.82, 2.24) is 10.2 Å². The molecule has 6 nitrogen and oxygen atoms in total. The zero-order chi connectivity index (χ0) is 29.5. The number of anilines is 2. The molecule has 1 fully saturated rings. The first-order valence-corrected chi connectivity index (χ1v) is 13.8. The van der Waals surface area contributed by atoms with Crippen LogP contribution in [0.5, 0.6) is 0 Å². The van der Waals surface area contributed by atoms with Crippen molar-refractivity contribution in [3.63, 3.8) is 0 Å². The summed E-state index contributed by atoms with van der Waals surface area (Å²) in [4.78, 5) is 30.6. The number of hydrogen-bond donors (Lipinski definition) is 2. The highest BCUT2D eigenvalue weighted by molar-refractivity contribution is 6.06. The molecule has 0 atom stereocenters. The molecule has 2 N–H and O–H groups in total. The maximum absolute atomic E-state index is 14.3. The van der Waals surface area contributed by atoms with Crippen LogP contribution in [0.15, 0.2) is 91.0 Å². The molecule has 0 aromatic heterocycles. The van der Waals surface area contributed by atoms with Crippen LogP contribution in [0.3, 0.4) is 0 Å². The van der Waals surface area contributed by atoms with Crippen molar-refractivity contribution in [2.24, 2.45) is 0 Å². The molecule has 0 spiro atoms. The lowest BCUT2D eigenvalue weighted by Crippen LogP contribution is -2.33. The molecule has 5 rings (SSSR count). The summed E-state index contributed by atoms with van der Waals surface area (Å²) in [6.45, 7) is 3.39.